The van der Waals surface area contributed by atoms with E-state index in [9.17, 15) is 0 Å². The molecule has 92 valence electrons. The van der Waals surface area contributed by atoms with Crippen molar-refractivity contribution in [1.29, 1.82) is 0 Å². The van der Waals surface area contributed by atoms with E-state index in [1.807, 2.05) is 0 Å². The molecule has 0 radical (unpaired) electrons. The molecule has 0 aromatic heterocycles. The molecule has 3 heteroatoms. The molecule has 1 heterocycles. The van der Waals surface area contributed by atoms with E-state index in [0.717, 1.165) is 31.6 Å². The summed E-state index contributed by atoms with van der Waals surface area (Å²) in [5.41, 5.74) is 5.56. The van der Waals surface area contributed by atoms with Crippen molar-refractivity contribution in [2.75, 3.05) is 6.61 Å². The molecule has 2 rings (SSSR count). The first-order valence-corrected chi connectivity index (χ1v) is 6.14. The van der Waals surface area contributed by atoms with Crippen LogP contribution in [-0.4, -0.2) is 12.6 Å². The summed E-state index contributed by atoms with van der Waals surface area (Å²) in [4.78, 5) is 0. The Kier molecular flexibility index (Phi) is 4.18. The SMILES string of the molecule is Cc1ccccc1CCC(NN)C1=CCCO1. The van der Waals surface area contributed by atoms with Crippen molar-refractivity contribution in [3.05, 3.63) is 47.2 Å². The second-order valence-corrected chi connectivity index (χ2v) is 4.43. The van der Waals surface area contributed by atoms with Gasteiger partial charge in [-0.05, 0) is 37.0 Å². The van der Waals surface area contributed by atoms with Crippen LogP contribution < -0.4 is 11.3 Å². The molecule has 0 aliphatic carbocycles. The zero-order valence-electron chi connectivity index (χ0n) is 10.3. The minimum Gasteiger partial charge on any atom is -0.496 e. The topological polar surface area (TPSA) is 47.3 Å². The highest BCUT2D eigenvalue weighted by Gasteiger charge is 2.17. The normalized spacial score (nSPS) is 16.5. The predicted octanol–water partition coefficient (Wildman–Crippen LogP) is 2.06. The van der Waals surface area contributed by atoms with Crippen molar-refractivity contribution < 1.29 is 4.74 Å². The number of nitrogens with two attached hydrogens (primary N) is 1. The maximum absolute atomic E-state index is 5.58. The molecule has 1 atom stereocenters. The maximum atomic E-state index is 5.58. The van der Waals surface area contributed by atoms with Gasteiger partial charge in [-0.1, -0.05) is 24.3 Å². The molecule has 0 amide bonds. The molecule has 1 aromatic carbocycles. The van der Waals surface area contributed by atoms with E-state index < -0.39 is 0 Å². The molecule has 1 aromatic rings. The van der Waals surface area contributed by atoms with E-state index in [1.165, 1.54) is 11.1 Å². The van der Waals surface area contributed by atoms with Crippen LogP contribution in [0, 0.1) is 6.92 Å². The fourth-order valence-electron chi connectivity index (χ4n) is 2.18. The van der Waals surface area contributed by atoms with Crippen molar-refractivity contribution in [3.8, 4) is 0 Å². The van der Waals surface area contributed by atoms with Crippen LogP contribution in [0.15, 0.2) is 36.1 Å². The first-order valence-electron chi connectivity index (χ1n) is 6.14. The molecular weight excluding hydrogens is 212 g/mol. The van der Waals surface area contributed by atoms with Gasteiger partial charge < -0.3 is 4.74 Å². The number of nitrogens with one attached hydrogen (secondary N) is 1. The lowest BCUT2D eigenvalue weighted by Gasteiger charge is -2.17. The van der Waals surface area contributed by atoms with E-state index in [1.54, 1.807) is 0 Å². The average Bonchev–Trinajstić information content (AvgIpc) is 2.86. The van der Waals surface area contributed by atoms with E-state index in [0.29, 0.717) is 0 Å². The minimum absolute atomic E-state index is 0.136. The Morgan fingerprint density at radius 3 is 2.88 bits per heavy atom. The van der Waals surface area contributed by atoms with E-state index in [-0.39, 0.29) is 6.04 Å². The second kappa shape index (κ2) is 5.84. The highest BCUT2D eigenvalue weighted by atomic mass is 16.5. The van der Waals surface area contributed by atoms with Gasteiger partial charge >= 0.3 is 0 Å². The molecule has 0 fully saturated rings. The van der Waals surface area contributed by atoms with E-state index in [2.05, 4.69) is 42.7 Å². The van der Waals surface area contributed by atoms with Gasteiger partial charge in [0.2, 0.25) is 0 Å². The zero-order valence-corrected chi connectivity index (χ0v) is 10.3. The van der Waals surface area contributed by atoms with Crippen molar-refractivity contribution in [2.45, 2.75) is 32.2 Å². The summed E-state index contributed by atoms with van der Waals surface area (Å²) < 4.78 is 5.54. The Balaban J connectivity index is 1.94. The van der Waals surface area contributed by atoms with Gasteiger partial charge in [-0.3, -0.25) is 5.84 Å². The van der Waals surface area contributed by atoms with E-state index >= 15 is 0 Å². The molecule has 17 heavy (non-hydrogen) atoms. The lowest BCUT2D eigenvalue weighted by molar-refractivity contribution is 0.212. The van der Waals surface area contributed by atoms with Crippen LogP contribution in [-0.2, 0) is 11.2 Å². The Hall–Kier alpha value is -1.32. The Labute approximate surface area is 103 Å². The molecule has 0 spiro atoms. The molecule has 1 unspecified atom stereocenters. The van der Waals surface area contributed by atoms with Gasteiger partial charge in [0.15, 0.2) is 0 Å². The van der Waals surface area contributed by atoms with Gasteiger partial charge in [-0.15, -0.1) is 0 Å². The van der Waals surface area contributed by atoms with Crippen molar-refractivity contribution in [3.63, 3.8) is 0 Å². The van der Waals surface area contributed by atoms with Crippen LogP contribution in [0.25, 0.3) is 0 Å². The number of hydrogen-bond donors (Lipinski definition) is 2. The first-order chi connectivity index (χ1) is 8.31. The number of benzene rings is 1. The molecule has 1 aliphatic heterocycles. The van der Waals surface area contributed by atoms with Gasteiger partial charge in [0.1, 0.15) is 5.76 Å². The second-order valence-electron chi connectivity index (χ2n) is 4.43. The van der Waals surface area contributed by atoms with Gasteiger partial charge in [0, 0.05) is 6.42 Å². The monoisotopic (exact) mass is 232 g/mol. The van der Waals surface area contributed by atoms with Crippen LogP contribution in [0.1, 0.15) is 24.0 Å². The fourth-order valence-corrected chi connectivity index (χ4v) is 2.18. The number of ether oxygens (including phenoxy) is 1. The third-order valence-electron chi connectivity index (χ3n) is 3.24. The van der Waals surface area contributed by atoms with Gasteiger partial charge in [-0.2, -0.15) is 0 Å². The summed E-state index contributed by atoms with van der Waals surface area (Å²) in [6.45, 7) is 2.93. The smallest absolute Gasteiger partial charge is 0.110 e. The predicted molar refractivity (Wildman–Crippen MR) is 69.3 cm³/mol. The molecule has 0 saturated carbocycles. The fraction of sp³-hybridized carbons (Fsp3) is 0.429. The van der Waals surface area contributed by atoms with Crippen molar-refractivity contribution in [1.82, 2.24) is 5.43 Å². The number of aryl methyl sites for hydroxylation is 2. The van der Waals surface area contributed by atoms with Crippen LogP contribution in [0.4, 0.5) is 0 Å². The van der Waals surface area contributed by atoms with Crippen molar-refractivity contribution >= 4 is 0 Å². The molecular formula is C14H20N2O. The number of hydrazine groups is 1. The average molecular weight is 232 g/mol. The van der Waals surface area contributed by atoms with Gasteiger partial charge in [0.25, 0.3) is 0 Å². The standard InChI is InChI=1S/C14H20N2O/c1-11-5-2-3-6-12(11)8-9-13(16-15)14-7-4-10-17-14/h2-3,5-7,13,16H,4,8-10,15H2,1H3. The highest BCUT2D eigenvalue weighted by Crippen LogP contribution is 2.18. The molecule has 3 N–H and O–H groups in total. The van der Waals surface area contributed by atoms with Crippen molar-refractivity contribution in [2.24, 2.45) is 5.84 Å². The largest absolute Gasteiger partial charge is 0.496 e. The van der Waals surface area contributed by atoms with Crippen LogP contribution >= 0.6 is 0 Å². The Morgan fingerprint density at radius 1 is 1.41 bits per heavy atom. The summed E-state index contributed by atoms with van der Waals surface area (Å²) in [6.07, 6.45) is 5.11. The highest BCUT2D eigenvalue weighted by molar-refractivity contribution is 5.26. The zero-order chi connectivity index (χ0) is 12.1. The number of hydrogen-bond acceptors (Lipinski definition) is 3. The summed E-state index contributed by atoms with van der Waals surface area (Å²) in [5, 5.41) is 0. The van der Waals surface area contributed by atoms with E-state index in [4.69, 9.17) is 10.6 Å². The third-order valence-corrected chi connectivity index (χ3v) is 3.24. The van der Waals surface area contributed by atoms with Gasteiger partial charge in [-0.25, -0.2) is 5.43 Å². The molecule has 1 aliphatic rings. The van der Waals surface area contributed by atoms with Crippen LogP contribution in [0.3, 0.4) is 0 Å². The summed E-state index contributed by atoms with van der Waals surface area (Å²) in [7, 11) is 0. The molecule has 3 nitrogen and oxygen atoms in total. The Morgan fingerprint density at radius 2 is 2.24 bits per heavy atom. The Bertz CT molecular complexity index is 401. The number of rotatable bonds is 5. The first kappa shape index (κ1) is 12.1. The summed E-state index contributed by atoms with van der Waals surface area (Å²) >= 11 is 0. The summed E-state index contributed by atoms with van der Waals surface area (Å²) in [5.74, 6) is 6.58. The third kappa shape index (κ3) is 3.08. The maximum Gasteiger partial charge on any atom is 0.110 e. The van der Waals surface area contributed by atoms with Crippen LogP contribution in [0.5, 0.6) is 0 Å². The lowest BCUT2D eigenvalue weighted by Crippen LogP contribution is -2.37. The van der Waals surface area contributed by atoms with Crippen LogP contribution in [0.2, 0.25) is 0 Å². The summed E-state index contributed by atoms with van der Waals surface area (Å²) in [6, 6.07) is 8.61. The minimum atomic E-state index is 0.136. The van der Waals surface area contributed by atoms with Gasteiger partial charge in [0.05, 0.1) is 12.6 Å². The lowest BCUT2D eigenvalue weighted by atomic mass is 10.0. The molecule has 0 saturated heterocycles. The quantitative estimate of drug-likeness (QED) is 0.603. The molecule has 0 bridgehead atoms.